The van der Waals surface area contributed by atoms with E-state index in [1.165, 1.54) is 12.1 Å². The third-order valence-corrected chi connectivity index (χ3v) is 1.98. The van der Waals surface area contributed by atoms with E-state index in [0.717, 1.165) is 10.5 Å². The quantitative estimate of drug-likeness (QED) is 0.602. The van der Waals surface area contributed by atoms with Crippen LogP contribution in [0.25, 0.3) is 0 Å². The van der Waals surface area contributed by atoms with Gasteiger partial charge in [-0.2, -0.15) is 0 Å². The summed E-state index contributed by atoms with van der Waals surface area (Å²) in [5, 5.41) is 8.63. The molecule has 1 rings (SSSR count). The Morgan fingerprint density at radius 3 is 2.75 bits per heavy atom. The number of hydrogen-bond donors (Lipinski definition) is 3. The van der Waals surface area contributed by atoms with Gasteiger partial charge in [0.1, 0.15) is 0 Å². The molecule has 0 heterocycles. The van der Waals surface area contributed by atoms with E-state index in [9.17, 15) is 4.79 Å². The van der Waals surface area contributed by atoms with Gasteiger partial charge in [-0.1, -0.05) is 0 Å². The number of aromatic carboxylic acids is 1. The van der Waals surface area contributed by atoms with Crippen molar-refractivity contribution in [2.24, 2.45) is 5.73 Å². The van der Waals surface area contributed by atoms with Gasteiger partial charge in [0.15, 0.2) is 0 Å². The monoisotopic (exact) mass is 183 g/mol. The molecule has 0 fully saturated rings. The number of rotatable bonds is 2. The van der Waals surface area contributed by atoms with Gasteiger partial charge in [-0.25, -0.2) is 4.79 Å². The Bertz CT molecular complexity index is 312. The van der Waals surface area contributed by atoms with Gasteiger partial charge >= 0.3 is 5.97 Å². The van der Waals surface area contributed by atoms with Crippen LogP contribution in [0.3, 0.4) is 0 Å². The maximum absolute atomic E-state index is 10.5. The summed E-state index contributed by atoms with van der Waals surface area (Å²) < 4.78 is 0. The van der Waals surface area contributed by atoms with Gasteiger partial charge in [0.05, 0.1) is 5.56 Å². The van der Waals surface area contributed by atoms with E-state index in [4.69, 9.17) is 10.8 Å². The molecule has 0 aliphatic carbocycles. The molecule has 4 heteroatoms. The normalized spacial score (nSPS) is 9.83. The second-order valence-corrected chi connectivity index (χ2v) is 2.83. The zero-order valence-electron chi connectivity index (χ0n) is 6.32. The van der Waals surface area contributed by atoms with Crippen LogP contribution in [0.15, 0.2) is 23.1 Å². The Balaban J connectivity index is 3.13. The van der Waals surface area contributed by atoms with Gasteiger partial charge in [0.25, 0.3) is 0 Å². The molecule has 64 valence electrons. The molecular weight excluding hydrogens is 174 g/mol. The molecule has 0 unspecified atom stereocenters. The van der Waals surface area contributed by atoms with Crippen molar-refractivity contribution in [1.29, 1.82) is 0 Å². The second kappa shape index (κ2) is 3.60. The van der Waals surface area contributed by atoms with Gasteiger partial charge in [0.2, 0.25) is 0 Å². The van der Waals surface area contributed by atoms with E-state index in [0.29, 0.717) is 6.54 Å². The first-order valence-corrected chi connectivity index (χ1v) is 3.85. The van der Waals surface area contributed by atoms with Crippen LogP contribution in [0.4, 0.5) is 0 Å². The molecule has 0 aromatic heterocycles. The van der Waals surface area contributed by atoms with Crippen LogP contribution in [0.2, 0.25) is 0 Å². The van der Waals surface area contributed by atoms with Crippen molar-refractivity contribution in [1.82, 2.24) is 0 Å². The molecule has 3 nitrogen and oxygen atoms in total. The van der Waals surface area contributed by atoms with Crippen LogP contribution < -0.4 is 5.73 Å². The van der Waals surface area contributed by atoms with Crippen molar-refractivity contribution in [3.8, 4) is 0 Å². The molecule has 0 amide bonds. The first-order valence-electron chi connectivity index (χ1n) is 3.40. The molecule has 0 saturated carbocycles. The molecule has 0 bridgehead atoms. The molecule has 12 heavy (non-hydrogen) atoms. The minimum Gasteiger partial charge on any atom is -0.478 e. The fourth-order valence-corrected chi connectivity index (χ4v) is 1.11. The van der Waals surface area contributed by atoms with E-state index in [1.807, 2.05) is 0 Å². The summed E-state index contributed by atoms with van der Waals surface area (Å²) in [5.74, 6) is -0.946. The molecule has 0 aliphatic heterocycles. The number of carbonyl (C=O) groups is 1. The Labute approximate surface area is 75.6 Å². The number of thiol groups is 1. The van der Waals surface area contributed by atoms with E-state index in [2.05, 4.69) is 12.6 Å². The highest BCUT2D eigenvalue weighted by Gasteiger charge is 2.04. The average molecular weight is 183 g/mol. The smallest absolute Gasteiger partial charge is 0.335 e. The summed E-state index contributed by atoms with van der Waals surface area (Å²) >= 11 is 4.12. The lowest BCUT2D eigenvalue weighted by molar-refractivity contribution is 0.0696. The van der Waals surface area contributed by atoms with Crippen molar-refractivity contribution in [3.05, 3.63) is 29.3 Å². The van der Waals surface area contributed by atoms with Crippen LogP contribution in [-0.2, 0) is 6.54 Å². The van der Waals surface area contributed by atoms with Crippen molar-refractivity contribution in [2.45, 2.75) is 11.4 Å². The van der Waals surface area contributed by atoms with Crippen LogP contribution in [-0.4, -0.2) is 11.1 Å². The maximum atomic E-state index is 10.5. The molecule has 0 saturated heterocycles. The van der Waals surface area contributed by atoms with E-state index in [1.54, 1.807) is 6.07 Å². The molecular formula is C8H9NO2S. The number of benzene rings is 1. The Morgan fingerprint density at radius 1 is 1.58 bits per heavy atom. The van der Waals surface area contributed by atoms with Crippen LogP contribution >= 0.6 is 12.6 Å². The fourth-order valence-electron chi connectivity index (χ4n) is 0.882. The van der Waals surface area contributed by atoms with E-state index < -0.39 is 5.97 Å². The Morgan fingerprint density at radius 2 is 2.25 bits per heavy atom. The summed E-state index contributed by atoms with van der Waals surface area (Å²) in [6.07, 6.45) is 0. The Hall–Kier alpha value is -1.000. The largest absolute Gasteiger partial charge is 0.478 e. The molecule has 0 atom stereocenters. The van der Waals surface area contributed by atoms with Gasteiger partial charge in [0, 0.05) is 11.4 Å². The molecule has 1 aromatic rings. The number of carboxylic acids is 1. The lowest BCUT2D eigenvalue weighted by atomic mass is 10.1. The van der Waals surface area contributed by atoms with Gasteiger partial charge < -0.3 is 10.8 Å². The average Bonchev–Trinajstić information content (AvgIpc) is 2.05. The van der Waals surface area contributed by atoms with Gasteiger partial charge in [-0.3, -0.25) is 0 Å². The molecule has 0 spiro atoms. The molecule has 3 N–H and O–H groups in total. The number of nitrogens with two attached hydrogens (primary N) is 1. The predicted octanol–water partition coefficient (Wildman–Crippen LogP) is 1.13. The van der Waals surface area contributed by atoms with E-state index in [-0.39, 0.29) is 5.56 Å². The minimum atomic E-state index is -0.946. The van der Waals surface area contributed by atoms with Crippen molar-refractivity contribution in [2.75, 3.05) is 0 Å². The lowest BCUT2D eigenvalue weighted by Gasteiger charge is -2.02. The highest BCUT2D eigenvalue weighted by atomic mass is 32.1. The standard InChI is InChI=1S/C8H9NO2S/c9-4-6-3-5(8(10)11)1-2-7(6)12/h1-3,12H,4,9H2,(H,10,11). The highest BCUT2D eigenvalue weighted by Crippen LogP contribution is 2.14. The highest BCUT2D eigenvalue weighted by molar-refractivity contribution is 7.80. The third kappa shape index (κ3) is 1.78. The number of hydrogen-bond acceptors (Lipinski definition) is 3. The lowest BCUT2D eigenvalue weighted by Crippen LogP contribution is -2.02. The topological polar surface area (TPSA) is 63.3 Å². The van der Waals surface area contributed by atoms with Gasteiger partial charge in [-0.05, 0) is 23.8 Å². The van der Waals surface area contributed by atoms with Crippen LogP contribution in [0.1, 0.15) is 15.9 Å². The van der Waals surface area contributed by atoms with Crippen LogP contribution in [0.5, 0.6) is 0 Å². The summed E-state index contributed by atoms with van der Waals surface area (Å²) in [5.41, 5.74) is 6.37. The number of carboxylic acid groups (broad SMARTS) is 1. The first kappa shape index (κ1) is 9.09. The SMILES string of the molecule is NCc1cc(C(=O)O)ccc1S. The van der Waals surface area contributed by atoms with Gasteiger partial charge in [-0.15, -0.1) is 12.6 Å². The van der Waals surface area contributed by atoms with Crippen molar-refractivity contribution in [3.63, 3.8) is 0 Å². The summed E-state index contributed by atoms with van der Waals surface area (Å²) in [4.78, 5) is 11.2. The fraction of sp³-hybridized carbons (Fsp3) is 0.125. The third-order valence-electron chi connectivity index (χ3n) is 1.55. The predicted molar refractivity (Wildman–Crippen MR) is 48.5 cm³/mol. The summed E-state index contributed by atoms with van der Waals surface area (Å²) in [6.45, 7) is 0.306. The maximum Gasteiger partial charge on any atom is 0.335 e. The second-order valence-electron chi connectivity index (χ2n) is 2.35. The Kier molecular flexibility index (Phi) is 2.73. The first-order chi connectivity index (χ1) is 5.65. The zero-order valence-corrected chi connectivity index (χ0v) is 7.21. The summed E-state index contributed by atoms with van der Waals surface area (Å²) in [7, 11) is 0. The minimum absolute atomic E-state index is 0.244. The van der Waals surface area contributed by atoms with Crippen molar-refractivity contribution < 1.29 is 9.90 Å². The van der Waals surface area contributed by atoms with Crippen LogP contribution in [0, 0.1) is 0 Å². The van der Waals surface area contributed by atoms with E-state index >= 15 is 0 Å². The van der Waals surface area contributed by atoms with Crippen molar-refractivity contribution >= 4 is 18.6 Å². The zero-order chi connectivity index (χ0) is 9.14. The molecule has 1 aromatic carbocycles. The summed E-state index contributed by atoms with van der Waals surface area (Å²) in [6, 6.07) is 4.67. The molecule has 0 radical (unpaired) electrons. The molecule has 0 aliphatic rings.